The number of rotatable bonds is 6. The number of aromatic nitrogens is 1. The Morgan fingerprint density at radius 3 is 2.62 bits per heavy atom. The van der Waals surface area contributed by atoms with Crippen molar-refractivity contribution in [2.45, 2.75) is 27.3 Å². The molecule has 0 spiro atoms. The first-order valence-electron chi connectivity index (χ1n) is 10.3. The van der Waals surface area contributed by atoms with Crippen LogP contribution in [0.3, 0.4) is 0 Å². The molecule has 0 aliphatic carbocycles. The lowest BCUT2D eigenvalue weighted by Gasteiger charge is -2.37. The molecule has 0 unspecified atom stereocenters. The zero-order chi connectivity index (χ0) is 20.8. The molecule has 2 heterocycles. The number of aryl methyl sites for hydroxylation is 2. The molecule has 0 amide bonds. The summed E-state index contributed by atoms with van der Waals surface area (Å²) in [6, 6.07) is 6.62. The third kappa shape index (κ3) is 5.70. The van der Waals surface area contributed by atoms with Crippen molar-refractivity contribution in [2.24, 2.45) is 4.99 Å². The number of guanidine groups is 1. The number of thiazole rings is 1. The van der Waals surface area contributed by atoms with Crippen molar-refractivity contribution in [3.63, 3.8) is 0 Å². The van der Waals surface area contributed by atoms with Crippen LogP contribution in [0.5, 0.6) is 0 Å². The summed E-state index contributed by atoms with van der Waals surface area (Å²) in [6.45, 7) is 13.5. The van der Waals surface area contributed by atoms with Gasteiger partial charge in [-0.05, 0) is 38.0 Å². The summed E-state index contributed by atoms with van der Waals surface area (Å²) in [6.07, 6.45) is 0. The van der Waals surface area contributed by atoms with E-state index >= 15 is 0 Å². The minimum absolute atomic E-state index is 0.776. The minimum atomic E-state index is 0.776. The van der Waals surface area contributed by atoms with Gasteiger partial charge in [0.05, 0.1) is 17.2 Å². The van der Waals surface area contributed by atoms with Crippen LogP contribution in [0.1, 0.15) is 21.8 Å². The molecule has 6 nitrogen and oxygen atoms in total. The first-order valence-corrected chi connectivity index (χ1v) is 11.2. The molecular formula is C22H34N6S. The van der Waals surface area contributed by atoms with Gasteiger partial charge in [0.15, 0.2) is 5.96 Å². The zero-order valence-electron chi connectivity index (χ0n) is 18.4. The van der Waals surface area contributed by atoms with Crippen LogP contribution in [-0.2, 0) is 6.54 Å². The van der Waals surface area contributed by atoms with E-state index in [0.717, 1.165) is 62.5 Å². The van der Waals surface area contributed by atoms with Gasteiger partial charge >= 0.3 is 0 Å². The fraction of sp³-hybridized carbons (Fsp3) is 0.545. The predicted octanol–water partition coefficient (Wildman–Crippen LogP) is 2.90. The van der Waals surface area contributed by atoms with Crippen LogP contribution in [0.25, 0.3) is 0 Å². The quantitative estimate of drug-likeness (QED) is 0.582. The minimum Gasteiger partial charge on any atom is -0.369 e. The lowest BCUT2D eigenvalue weighted by Crippen LogP contribution is -2.49. The Morgan fingerprint density at radius 2 is 1.97 bits per heavy atom. The Balaban J connectivity index is 1.42. The molecule has 7 heteroatoms. The number of hydrogen-bond acceptors (Lipinski definition) is 5. The summed E-state index contributed by atoms with van der Waals surface area (Å²) < 4.78 is 0. The number of piperazine rings is 1. The molecular weight excluding hydrogens is 380 g/mol. The summed E-state index contributed by atoms with van der Waals surface area (Å²) in [5.41, 5.74) is 5.27. The van der Waals surface area contributed by atoms with Gasteiger partial charge in [-0.25, -0.2) is 4.98 Å². The number of anilines is 1. The molecule has 1 N–H and O–H groups in total. The third-order valence-corrected chi connectivity index (χ3v) is 6.46. The van der Waals surface area contributed by atoms with E-state index in [4.69, 9.17) is 0 Å². The summed E-state index contributed by atoms with van der Waals surface area (Å²) in [7, 11) is 3.90. The highest BCUT2D eigenvalue weighted by atomic mass is 32.1. The topological polar surface area (TPSA) is 47.0 Å². The van der Waals surface area contributed by atoms with E-state index in [-0.39, 0.29) is 0 Å². The van der Waals surface area contributed by atoms with Gasteiger partial charge in [-0.1, -0.05) is 12.1 Å². The second-order valence-electron chi connectivity index (χ2n) is 7.74. The molecule has 1 fully saturated rings. The van der Waals surface area contributed by atoms with Crippen molar-refractivity contribution in [3.05, 3.63) is 45.4 Å². The fourth-order valence-electron chi connectivity index (χ4n) is 3.80. The monoisotopic (exact) mass is 414 g/mol. The summed E-state index contributed by atoms with van der Waals surface area (Å²) in [5, 5.41) is 6.73. The lowest BCUT2D eigenvalue weighted by molar-refractivity contribution is 0.260. The maximum absolute atomic E-state index is 4.55. The molecule has 2 aromatic rings. The van der Waals surface area contributed by atoms with Crippen LogP contribution in [-0.4, -0.2) is 74.1 Å². The Bertz CT molecular complexity index is 822. The van der Waals surface area contributed by atoms with Crippen LogP contribution in [0.15, 0.2) is 28.6 Å². The van der Waals surface area contributed by atoms with Crippen molar-refractivity contribution in [1.82, 2.24) is 20.1 Å². The predicted molar refractivity (Wildman–Crippen MR) is 124 cm³/mol. The van der Waals surface area contributed by atoms with Crippen molar-refractivity contribution < 1.29 is 0 Å². The standard InChI is InChI=1S/C22H34N6S/c1-17-7-6-8-21(18(17)2)28-13-11-27(12-14-28)10-9-24-22(23-4)26(5)15-20-16-29-19(3)25-20/h6-8,16H,9-15H2,1-5H3,(H,23,24). The van der Waals surface area contributed by atoms with Gasteiger partial charge in [0.2, 0.25) is 0 Å². The van der Waals surface area contributed by atoms with Crippen LogP contribution < -0.4 is 10.2 Å². The highest BCUT2D eigenvalue weighted by Crippen LogP contribution is 2.23. The molecule has 0 atom stereocenters. The normalized spacial score (nSPS) is 15.6. The molecule has 0 saturated carbocycles. The first-order chi connectivity index (χ1) is 14.0. The van der Waals surface area contributed by atoms with E-state index in [0.29, 0.717) is 0 Å². The molecule has 29 heavy (non-hydrogen) atoms. The van der Waals surface area contributed by atoms with Gasteiger partial charge in [-0.15, -0.1) is 11.3 Å². The van der Waals surface area contributed by atoms with Gasteiger partial charge in [-0.3, -0.25) is 9.89 Å². The number of aliphatic imine (C=N–C) groups is 1. The van der Waals surface area contributed by atoms with Crippen LogP contribution in [0.2, 0.25) is 0 Å². The maximum atomic E-state index is 4.55. The van der Waals surface area contributed by atoms with Gasteiger partial charge in [0.25, 0.3) is 0 Å². The molecule has 1 aliphatic rings. The molecule has 158 valence electrons. The Morgan fingerprint density at radius 1 is 1.21 bits per heavy atom. The Hall–Kier alpha value is -2.12. The number of nitrogens with one attached hydrogen (secondary N) is 1. The number of nitrogens with zero attached hydrogens (tertiary/aromatic N) is 5. The van der Waals surface area contributed by atoms with Gasteiger partial charge in [-0.2, -0.15) is 0 Å². The van der Waals surface area contributed by atoms with Crippen LogP contribution >= 0.6 is 11.3 Å². The van der Waals surface area contributed by atoms with Crippen molar-refractivity contribution in [3.8, 4) is 0 Å². The zero-order valence-corrected chi connectivity index (χ0v) is 19.2. The van der Waals surface area contributed by atoms with Crippen molar-refractivity contribution in [2.75, 3.05) is 58.3 Å². The van der Waals surface area contributed by atoms with Gasteiger partial charge in [0.1, 0.15) is 0 Å². The Labute approximate surface area is 179 Å². The smallest absolute Gasteiger partial charge is 0.193 e. The second-order valence-corrected chi connectivity index (χ2v) is 8.80. The van der Waals surface area contributed by atoms with Crippen LogP contribution in [0, 0.1) is 20.8 Å². The third-order valence-electron chi connectivity index (χ3n) is 5.64. The van der Waals surface area contributed by atoms with Gasteiger partial charge < -0.3 is 15.1 Å². The average molecular weight is 415 g/mol. The van der Waals surface area contributed by atoms with E-state index in [1.807, 2.05) is 14.0 Å². The van der Waals surface area contributed by atoms with E-state index in [1.54, 1.807) is 11.3 Å². The molecule has 1 saturated heterocycles. The fourth-order valence-corrected chi connectivity index (χ4v) is 4.40. The second kappa shape index (κ2) is 10.1. The molecule has 0 bridgehead atoms. The molecule has 1 aromatic carbocycles. The van der Waals surface area contributed by atoms with E-state index < -0.39 is 0 Å². The van der Waals surface area contributed by atoms with E-state index in [9.17, 15) is 0 Å². The van der Waals surface area contributed by atoms with E-state index in [1.165, 1.54) is 16.8 Å². The first kappa shape index (κ1) is 21.6. The highest BCUT2D eigenvalue weighted by molar-refractivity contribution is 7.09. The highest BCUT2D eigenvalue weighted by Gasteiger charge is 2.18. The maximum Gasteiger partial charge on any atom is 0.193 e. The molecule has 3 rings (SSSR count). The largest absolute Gasteiger partial charge is 0.369 e. The van der Waals surface area contributed by atoms with Crippen molar-refractivity contribution in [1.29, 1.82) is 0 Å². The lowest BCUT2D eigenvalue weighted by atomic mass is 10.1. The summed E-state index contributed by atoms with van der Waals surface area (Å²) >= 11 is 1.69. The Kier molecular flexibility index (Phi) is 7.50. The number of hydrogen-bond donors (Lipinski definition) is 1. The van der Waals surface area contributed by atoms with Crippen LogP contribution in [0.4, 0.5) is 5.69 Å². The summed E-state index contributed by atoms with van der Waals surface area (Å²) in [4.78, 5) is 16.2. The average Bonchev–Trinajstić information content (AvgIpc) is 3.12. The SMILES string of the molecule is CN=C(NCCN1CCN(c2cccc(C)c2C)CC1)N(C)Cc1csc(C)n1. The molecule has 0 radical (unpaired) electrons. The molecule has 1 aromatic heterocycles. The summed E-state index contributed by atoms with van der Waals surface area (Å²) in [5.74, 6) is 0.921. The molecule has 1 aliphatic heterocycles. The number of benzene rings is 1. The van der Waals surface area contributed by atoms with Gasteiger partial charge in [0, 0.05) is 64.4 Å². The van der Waals surface area contributed by atoms with Crippen molar-refractivity contribution >= 4 is 23.0 Å². The van der Waals surface area contributed by atoms with E-state index in [2.05, 4.69) is 74.5 Å².